The fraction of sp³-hybridized carbons (Fsp3) is 0.438. The first kappa shape index (κ1) is 14.6. The number of ether oxygens (including phenoxy) is 1. The van der Waals surface area contributed by atoms with Crippen molar-refractivity contribution in [2.24, 2.45) is 0 Å². The van der Waals surface area contributed by atoms with Crippen molar-refractivity contribution < 1.29 is 9.13 Å². The molecule has 1 heterocycles. The van der Waals surface area contributed by atoms with Gasteiger partial charge in [-0.2, -0.15) is 0 Å². The van der Waals surface area contributed by atoms with Gasteiger partial charge >= 0.3 is 0 Å². The van der Waals surface area contributed by atoms with Crippen molar-refractivity contribution in [3.05, 3.63) is 51.2 Å². The molecule has 0 amide bonds. The predicted molar refractivity (Wildman–Crippen MR) is 82.2 cm³/mol. The van der Waals surface area contributed by atoms with E-state index in [1.165, 1.54) is 6.07 Å². The lowest BCUT2D eigenvalue weighted by Gasteiger charge is -2.30. The van der Waals surface area contributed by atoms with Crippen molar-refractivity contribution in [2.45, 2.75) is 25.3 Å². The van der Waals surface area contributed by atoms with E-state index in [-0.39, 0.29) is 11.4 Å². The highest BCUT2D eigenvalue weighted by molar-refractivity contribution is 7.09. The van der Waals surface area contributed by atoms with E-state index in [2.05, 4.69) is 15.7 Å². The molecule has 5 heteroatoms. The molecular weight excluding hydrogens is 287 g/mol. The van der Waals surface area contributed by atoms with Crippen molar-refractivity contribution >= 4 is 11.3 Å². The zero-order chi connectivity index (χ0) is 14.9. The summed E-state index contributed by atoms with van der Waals surface area (Å²) in [5.74, 6) is -0.170. The van der Waals surface area contributed by atoms with Gasteiger partial charge in [-0.1, -0.05) is 6.07 Å². The first-order chi connectivity index (χ1) is 10.2. The Hall–Kier alpha value is -1.30. The van der Waals surface area contributed by atoms with E-state index in [1.807, 2.05) is 13.0 Å². The molecule has 1 aliphatic rings. The molecule has 21 heavy (non-hydrogen) atoms. The van der Waals surface area contributed by atoms with Gasteiger partial charge in [-0.3, -0.25) is 5.32 Å². The molecule has 0 radical (unpaired) electrons. The third-order valence-electron chi connectivity index (χ3n) is 4.01. The van der Waals surface area contributed by atoms with Gasteiger partial charge in [0.15, 0.2) is 0 Å². The molecule has 0 fully saturated rings. The van der Waals surface area contributed by atoms with Gasteiger partial charge < -0.3 is 4.74 Å². The van der Waals surface area contributed by atoms with Gasteiger partial charge in [0.25, 0.3) is 0 Å². The second kappa shape index (κ2) is 5.83. The maximum Gasteiger partial charge on any atom is 0.123 e. The molecule has 112 valence electrons. The van der Waals surface area contributed by atoms with Crippen molar-refractivity contribution in [2.75, 3.05) is 20.3 Å². The molecule has 0 bridgehead atoms. The van der Waals surface area contributed by atoms with Crippen LogP contribution >= 0.6 is 11.3 Å². The van der Waals surface area contributed by atoms with E-state index in [0.29, 0.717) is 6.61 Å². The number of nitrogens with zero attached hydrogens (tertiary/aromatic N) is 1. The molecule has 2 aromatic rings. The second-order valence-electron chi connectivity index (χ2n) is 5.42. The van der Waals surface area contributed by atoms with Crippen LogP contribution in [0.4, 0.5) is 4.39 Å². The molecular formula is C16H19FN2OS. The molecule has 1 aromatic carbocycles. The molecule has 3 nitrogen and oxygen atoms in total. The number of methoxy groups -OCH3 is 1. The quantitative estimate of drug-likeness (QED) is 0.862. The standard InChI is InChI=1S/C16H19FN2OS/c1-11-10-21-15(19-11)16(18-7-8-20-2)6-5-12-9-13(17)3-4-14(12)16/h3-4,9-10,18H,5-8H2,1-2H3. The number of thiazole rings is 1. The highest BCUT2D eigenvalue weighted by Gasteiger charge is 2.42. The number of halogens is 1. The summed E-state index contributed by atoms with van der Waals surface area (Å²) in [4.78, 5) is 4.69. The minimum absolute atomic E-state index is 0.170. The van der Waals surface area contributed by atoms with E-state index in [0.717, 1.165) is 41.2 Å². The monoisotopic (exact) mass is 306 g/mol. The zero-order valence-electron chi connectivity index (χ0n) is 12.3. The third-order valence-corrected chi connectivity index (χ3v) is 5.14. The van der Waals surface area contributed by atoms with E-state index >= 15 is 0 Å². The van der Waals surface area contributed by atoms with Crippen LogP contribution < -0.4 is 5.32 Å². The molecule has 0 aliphatic heterocycles. The van der Waals surface area contributed by atoms with E-state index in [9.17, 15) is 4.39 Å². The number of fused-ring (bicyclic) bond motifs is 1. The molecule has 0 spiro atoms. The molecule has 0 saturated heterocycles. The van der Waals surface area contributed by atoms with Gasteiger partial charge in [0.1, 0.15) is 10.8 Å². The number of aromatic nitrogens is 1. The van der Waals surface area contributed by atoms with Crippen LogP contribution in [0.2, 0.25) is 0 Å². The predicted octanol–water partition coefficient (Wildman–Crippen LogP) is 3.02. The number of benzene rings is 1. The van der Waals surface area contributed by atoms with Crippen LogP contribution in [0.25, 0.3) is 0 Å². The Morgan fingerprint density at radius 3 is 3.05 bits per heavy atom. The van der Waals surface area contributed by atoms with Crippen LogP contribution in [0.15, 0.2) is 23.6 Å². The molecule has 0 saturated carbocycles. The number of hydrogen-bond acceptors (Lipinski definition) is 4. The third kappa shape index (κ3) is 2.61. The minimum Gasteiger partial charge on any atom is -0.383 e. The fourth-order valence-corrected chi connectivity index (χ4v) is 4.06. The minimum atomic E-state index is -0.305. The Morgan fingerprint density at radius 2 is 2.33 bits per heavy atom. The second-order valence-corrected chi connectivity index (χ2v) is 6.28. The molecule has 1 atom stereocenters. The molecule has 3 rings (SSSR count). The first-order valence-corrected chi connectivity index (χ1v) is 7.99. The average molecular weight is 306 g/mol. The lowest BCUT2D eigenvalue weighted by molar-refractivity contribution is 0.189. The first-order valence-electron chi connectivity index (χ1n) is 7.11. The summed E-state index contributed by atoms with van der Waals surface area (Å²) in [6.07, 6.45) is 1.77. The van der Waals surface area contributed by atoms with Gasteiger partial charge in [-0.25, -0.2) is 9.37 Å². The van der Waals surface area contributed by atoms with Crippen LogP contribution in [-0.4, -0.2) is 25.2 Å². The van der Waals surface area contributed by atoms with Crippen molar-refractivity contribution in [3.63, 3.8) is 0 Å². The number of rotatable bonds is 5. The summed E-state index contributed by atoms with van der Waals surface area (Å²) in [7, 11) is 1.69. The topological polar surface area (TPSA) is 34.1 Å². The van der Waals surface area contributed by atoms with Crippen molar-refractivity contribution in [1.82, 2.24) is 10.3 Å². The summed E-state index contributed by atoms with van der Waals surface area (Å²) in [5.41, 5.74) is 2.95. The van der Waals surface area contributed by atoms with Gasteiger partial charge in [0, 0.05) is 24.7 Å². The Bertz CT molecular complexity index is 643. The Balaban J connectivity index is 2.03. The number of aryl methyl sites for hydroxylation is 2. The van der Waals surface area contributed by atoms with Crippen molar-refractivity contribution in [3.8, 4) is 0 Å². The van der Waals surface area contributed by atoms with E-state index < -0.39 is 0 Å². The summed E-state index contributed by atoms with van der Waals surface area (Å²) in [5, 5.41) is 6.72. The maximum atomic E-state index is 13.5. The maximum absolute atomic E-state index is 13.5. The van der Waals surface area contributed by atoms with Gasteiger partial charge in [0.05, 0.1) is 12.1 Å². The Morgan fingerprint density at radius 1 is 1.48 bits per heavy atom. The van der Waals surface area contributed by atoms with Crippen LogP contribution in [-0.2, 0) is 16.7 Å². The molecule has 1 aromatic heterocycles. The largest absolute Gasteiger partial charge is 0.383 e. The molecule has 1 N–H and O–H groups in total. The van der Waals surface area contributed by atoms with Crippen molar-refractivity contribution in [1.29, 1.82) is 0 Å². The van der Waals surface area contributed by atoms with Gasteiger partial charge in [0.2, 0.25) is 0 Å². The summed E-state index contributed by atoms with van der Waals surface area (Å²) in [6, 6.07) is 5.08. The van der Waals surface area contributed by atoms with Crippen LogP contribution in [0.3, 0.4) is 0 Å². The van der Waals surface area contributed by atoms with Crippen LogP contribution in [0.5, 0.6) is 0 Å². The lowest BCUT2D eigenvalue weighted by Crippen LogP contribution is -2.43. The summed E-state index contributed by atoms with van der Waals surface area (Å²) in [6.45, 7) is 3.39. The SMILES string of the molecule is COCCNC1(c2nc(C)cs2)CCc2cc(F)ccc21. The number of hydrogen-bond donors (Lipinski definition) is 1. The summed E-state index contributed by atoms with van der Waals surface area (Å²) < 4.78 is 18.6. The molecule has 1 unspecified atom stereocenters. The van der Waals surface area contributed by atoms with Gasteiger partial charge in [-0.15, -0.1) is 11.3 Å². The van der Waals surface area contributed by atoms with Gasteiger partial charge in [-0.05, 0) is 43.0 Å². The Kier molecular flexibility index (Phi) is 4.06. The zero-order valence-corrected chi connectivity index (χ0v) is 13.1. The fourth-order valence-electron chi connectivity index (χ4n) is 3.04. The van der Waals surface area contributed by atoms with E-state index in [1.54, 1.807) is 24.5 Å². The van der Waals surface area contributed by atoms with Crippen LogP contribution in [0.1, 0.15) is 28.2 Å². The molecule has 1 aliphatic carbocycles. The Labute approximate surface area is 128 Å². The van der Waals surface area contributed by atoms with E-state index in [4.69, 9.17) is 4.74 Å². The smallest absolute Gasteiger partial charge is 0.123 e. The highest BCUT2D eigenvalue weighted by atomic mass is 32.1. The number of nitrogens with one attached hydrogen (secondary N) is 1. The highest BCUT2D eigenvalue weighted by Crippen LogP contribution is 2.43. The van der Waals surface area contributed by atoms with Crippen LogP contribution in [0, 0.1) is 12.7 Å². The average Bonchev–Trinajstić information content (AvgIpc) is 3.04. The lowest BCUT2D eigenvalue weighted by atomic mass is 9.92. The summed E-state index contributed by atoms with van der Waals surface area (Å²) >= 11 is 1.66. The normalized spacial score (nSPS) is 20.7.